The zero-order valence-electron chi connectivity index (χ0n) is 8.95. The minimum absolute atomic E-state index is 0.311. The van der Waals surface area contributed by atoms with Crippen LogP contribution in [0.25, 0.3) is 0 Å². The van der Waals surface area contributed by atoms with E-state index in [9.17, 15) is 4.79 Å². The molecule has 1 aromatic rings. The lowest BCUT2D eigenvalue weighted by Gasteiger charge is -2.06. The van der Waals surface area contributed by atoms with Gasteiger partial charge in [0.2, 0.25) is 0 Å². The van der Waals surface area contributed by atoms with Gasteiger partial charge in [-0.05, 0) is 26.0 Å². The summed E-state index contributed by atoms with van der Waals surface area (Å²) in [7, 11) is 0. The van der Waals surface area contributed by atoms with E-state index < -0.39 is 6.16 Å². The molecule has 0 aliphatic heterocycles. The van der Waals surface area contributed by atoms with Crippen LogP contribution in [0.15, 0.2) is 24.3 Å². The number of carbonyl (C=O) groups excluding carboxylic acids is 1. The Morgan fingerprint density at radius 3 is 2.87 bits per heavy atom. The Morgan fingerprint density at radius 1 is 1.40 bits per heavy atom. The van der Waals surface area contributed by atoms with E-state index in [2.05, 4.69) is 10.1 Å². The smallest absolute Gasteiger partial charge is 0.434 e. The molecule has 0 heterocycles. The van der Waals surface area contributed by atoms with Crippen LogP contribution in [-0.4, -0.2) is 19.3 Å². The van der Waals surface area contributed by atoms with Gasteiger partial charge in [-0.1, -0.05) is 6.07 Å². The molecule has 1 rings (SSSR count). The molecule has 0 aliphatic rings. The molecule has 0 radical (unpaired) electrons. The number of nitrogens with one attached hydrogen (secondary N) is 1. The van der Waals surface area contributed by atoms with Crippen molar-refractivity contribution in [2.24, 2.45) is 0 Å². The molecule has 0 unspecified atom stereocenters. The van der Waals surface area contributed by atoms with Crippen molar-refractivity contribution < 1.29 is 14.3 Å². The summed E-state index contributed by atoms with van der Waals surface area (Å²) in [6.45, 7) is 4.86. The van der Waals surface area contributed by atoms with Crippen molar-refractivity contribution in [1.82, 2.24) is 0 Å². The van der Waals surface area contributed by atoms with Crippen molar-refractivity contribution >= 4 is 11.8 Å². The minimum Gasteiger partial charge on any atom is -0.434 e. The largest absolute Gasteiger partial charge is 0.513 e. The summed E-state index contributed by atoms with van der Waals surface area (Å²) < 4.78 is 9.60. The maximum atomic E-state index is 11.0. The summed E-state index contributed by atoms with van der Waals surface area (Å²) in [5, 5.41) is 3.12. The van der Waals surface area contributed by atoms with E-state index in [0.717, 1.165) is 12.2 Å². The topological polar surface area (TPSA) is 47.6 Å². The molecule has 0 saturated heterocycles. The van der Waals surface area contributed by atoms with Crippen molar-refractivity contribution in [3.8, 4) is 5.75 Å². The molecule has 0 spiro atoms. The number of anilines is 1. The average Bonchev–Trinajstić information content (AvgIpc) is 2.19. The molecule has 0 fully saturated rings. The van der Waals surface area contributed by atoms with Crippen LogP contribution in [0.3, 0.4) is 0 Å². The molecule has 4 nitrogen and oxygen atoms in total. The van der Waals surface area contributed by atoms with Gasteiger partial charge in [0.15, 0.2) is 0 Å². The zero-order valence-corrected chi connectivity index (χ0v) is 8.95. The second-order valence-electron chi connectivity index (χ2n) is 2.84. The molecule has 0 bridgehead atoms. The lowest BCUT2D eigenvalue weighted by atomic mass is 10.3. The highest BCUT2D eigenvalue weighted by Gasteiger charge is 2.04. The lowest BCUT2D eigenvalue weighted by molar-refractivity contribution is 0.104. The molecule has 0 amide bonds. The van der Waals surface area contributed by atoms with Crippen molar-refractivity contribution in [2.75, 3.05) is 18.5 Å². The second kappa shape index (κ2) is 5.90. The molecule has 0 atom stereocenters. The van der Waals surface area contributed by atoms with E-state index in [1.807, 2.05) is 19.1 Å². The van der Waals surface area contributed by atoms with E-state index in [-0.39, 0.29) is 0 Å². The fraction of sp³-hybridized carbons (Fsp3) is 0.364. The van der Waals surface area contributed by atoms with Gasteiger partial charge in [-0.2, -0.15) is 0 Å². The first-order valence-electron chi connectivity index (χ1n) is 4.94. The van der Waals surface area contributed by atoms with Crippen LogP contribution in [0.4, 0.5) is 10.5 Å². The van der Waals surface area contributed by atoms with Crippen molar-refractivity contribution in [3.05, 3.63) is 24.3 Å². The Kier molecular flexibility index (Phi) is 4.47. The number of carbonyl (C=O) groups is 1. The van der Waals surface area contributed by atoms with Crippen LogP contribution in [0.1, 0.15) is 13.8 Å². The van der Waals surface area contributed by atoms with Gasteiger partial charge in [0, 0.05) is 18.3 Å². The van der Waals surface area contributed by atoms with E-state index in [1.54, 1.807) is 19.1 Å². The Bertz CT molecular complexity index is 325. The van der Waals surface area contributed by atoms with E-state index in [4.69, 9.17) is 4.74 Å². The normalized spacial score (nSPS) is 9.47. The first kappa shape index (κ1) is 11.4. The highest BCUT2D eigenvalue weighted by molar-refractivity contribution is 5.64. The van der Waals surface area contributed by atoms with Gasteiger partial charge in [-0.25, -0.2) is 4.79 Å². The van der Waals surface area contributed by atoms with Crippen molar-refractivity contribution in [2.45, 2.75) is 13.8 Å². The number of hydrogen-bond donors (Lipinski definition) is 1. The van der Waals surface area contributed by atoms with Crippen LogP contribution in [-0.2, 0) is 4.74 Å². The third-order valence-electron chi connectivity index (χ3n) is 1.68. The fourth-order valence-electron chi connectivity index (χ4n) is 1.12. The molecule has 0 saturated carbocycles. The summed E-state index contributed by atoms with van der Waals surface area (Å²) in [6.07, 6.45) is -0.675. The van der Waals surface area contributed by atoms with Gasteiger partial charge < -0.3 is 14.8 Å². The maximum Gasteiger partial charge on any atom is 0.513 e. The summed E-state index contributed by atoms with van der Waals surface area (Å²) >= 11 is 0. The summed E-state index contributed by atoms with van der Waals surface area (Å²) in [5.74, 6) is 0.479. The summed E-state index contributed by atoms with van der Waals surface area (Å²) in [5.41, 5.74) is 0.916. The van der Waals surface area contributed by atoms with Crippen molar-refractivity contribution in [3.63, 3.8) is 0 Å². The predicted molar refractivity (Wildman–Crippen MR) is 58.3 cm³/mol. The lowest BCUT2D eigenvalue weighted by Crippen LogP contribution is -2.10. The fourth-order valence-corrected chi connectivity index (χ4v) is 1.12. The predicted octanol–water partition coefficient (Wildman–Crippen LogP) is 2.65. The highest BCUT2D eigenvalue weighted by atomic mass is 16.7. The summed E-state index contributed by atoms with van der Waals surface area (Å²) in [4.78, 5) is 11.0. The standard InChI is InChI=1S/C11H15NO3/c1-3-12-9-6-5-7-10(8-9)15-11(13)14-4-2/h5-8,12H,3-4H2,1-2H3. The molecule has 82 valence electrons. The van der Waals surface area contributed by atoms with Crippen LogP contribution in [0, 0.1) is 0 Å². The number of hydrogen-bond acceptors (Lipinski definition) is 4. The van der Waals surface area contributed by atoms with Gasteiger partial charge >= 0.3 is 6.16 Å². The summed E-state index contributed by atoms with van der Waals surface area (Å²) in [6, 6.07) is 7.17. The van der Waals surface area contributed by atoms with Crippen LogP contribution >= 0.6 is 0 Å². The molecular weight excluding hydrogens is 194 g/mol. The number of rotatable bonds is 4. The van der Waals surface area contributed by atoms with Gasteiger partial charge in [0.05, 0.1) is 6.61 Å². The van der Waals surface area contributed by atoms with E-state index in [0.29, 0.717) is 12.4 Å². The van der Waals surface area contributed by atoms with E-state index >= 15 is 0 Å². The molecule has 0 aromatic heterocycles. The Hall–Kier alpha value is -1.71. The number of benzene rings is 1. The SMILES string of the molecule is CCNc1cccc(OC(=O)OCC)c1. The van der Waals surface area contributed by atoms with Gasteiger partial charge in [-0.3, -0.25) is 0 Å². The molecule has 0 aliphatic carbocycles. The number of ether oxygens (including phenoxy) is 2. The highest BCUT2D eigenvalue weighted by Crippen LogP contribution is 2.17. The first-order chi connectivity index (χ1) is 7.26. The third-order valence-corrected chi connectivity index (χ3v) is 1.68. The molecule has 15 heavy (non-hydrogen) atoms. The quantitative estimate of drug-likeness (QED) is 0.611. The zero-order chi connectivity index (χ0) is 11.1. The first-order valence-corrected chi connectivity index (χ1v) is 4.94. The van der Waals surface area contributed by atoms with Gasteiger partial charge in [-0.15, -0.1) is 0 Å². The molecule has 1 N–H and O–H groups in total. The Labute approximate surface area is 89.2 Å². The van der Waals surface area contributed by atoms with Crippen LogP contribution in [0.5, 0.6) is 5.75 Å². The Morgan fingerprint density at radius 2 is 2.20 bits per heavy atom. The molecular formula is C11H15NO3. The van der Waals surface area contributed by atoms with E-state index in [1.165, 1.54) is 0 Å². The second-order valence-corrected chi connectivity index (χ2v) is 2.84. The van der Waals surface area contributed by atoms with Crippen molar-refractivity contribution in [1.29, 1.82) is 0 Å². The van der Waals surface area contributed by atoms with Crippen LogP contribution in [0.2, 0.25) is 0 Å². The molecule has 1 aromatic carbocycles. The van der Waals surface area contributed by atoms with Crippen LogP contribution < -0.4 is 10.1 Å². The monoisotopic (exact) mass is 209 g/mol. The minimum atomic E-state index is -0.675. The van der Waals surface area contributed by atoms with Gasteiger partial charge in [0.1, 0.15) is 5.75 Å². The maximum absolute atomic E-state index is 11.0. The average molecular weight is 209 g/mol. The van der Waals surface area contributed by atoms with Gasteiger partial charge in [0.25, 0.3) is 0 Å². The third kappa shape index (κ3) is 3.89. The molecule has 4 heteroatoms. The Balaban J connectivity index is 2.60.